The molecule has 0 amide bonds. The maximum atomic E-state index is 5.68. The summed E-state index contributed by atoms with van der Waals surface area (Å²) in [7, 11) is 0. The Balaban J connectivity index is 0.00000242. The molecule has 1 N–H and O–H groups in total. The Morgan fingerprint density at radius 2 is 2.05 bits per heavy atom. The van der Waals surface area contributed by atoms with Crippen LogP contribution in [0.5, 0.6) is 0 Å². The number of hydrogen-bond acceptors (Lipinski definition) is 2. The van der Waals surface area contributed by atoms with Crippen LogP contribution in [0, 0.1) is 11.8 Å². The van der Waals surface area contributed by atoms with Gasteiger partial charge in [0.15, 0.2) is 5.96 Å². The molecule has 0 saturated carbocycles. The number of halogens is 1. The van der Waals surface area contributed by atoms with Crippen LogP contribution in [0.25, 0.3) is 0 Å². The highest BCUT2D eigenvalue weighted by atomic mass is 127. The number of rotatable bonds is 6. The summed E-state index contributed by atoms with van der Waals surface area (Å²) in [6.07, 6.45) is 6.63. The number of hydrogen-bond donors (Lipinski definition) is 1. The number of guanidine groups is 1. The summed E-state index contributed by atoms with van der Waals surface area (Å²) in [5.74, 6) is 2.81. The Hall–Kier alpha value is -0.0400. The summed E-state index contributed by atoms with van der Waals surface area (Å²) in [6, 6.07) is 0. The van der Waals surface area contributed by atoms with E-state index in [0.29, 0.717) is 6.10 Å². The number of ether oxygens (including phenoxy) is 1. The van der Waals surface area contributed by atoms with E-state index in [2.05, 4.69) is 31.0 Å². The van der Waals surface area contributed by atoms with Crippen molar-refractivity contribution in [3.05, 3.63) is 0 Å². The Bertz CT molecular complexity index is 328. The highest BCUT2D eigenvalue weighted by Crippen LogP contribution is 2.28. The lowest BCUT2D eigenvalue weighted by Crippen LogP contribution is -2.41. The van der Waals surface area contributed by atoms with Crippen molar-refractivity contribution in [2.24, 2.45) is 16.8 Å². The smallest absolute Gasteiger partial charge is 0.194 e. The second kappa shape index (κ2) is 10.7. The lowest BCUT2D eigenvalue weighted by atomic mass is 9.87. The molecular weight excluding hydrogens is 389 g/mol. The lowest BCUT2D eigenvalue weighted by Gasteiger charge is -2.24. The first-order valence-electron chi connectivity index (χ1n) is 8.93. The molecule has 0 radical (unpaired) electrons. The minimum absolute atomic E-state index is 0. The van der Waals surface area contributed by atoms with Gasteiger partial charge in [-0.15, -0.1) is 24.0 Å². The van der Waals surface area contributed by atoms with E-state index >= 15 is 0 Å². The molecule has 0 bridgehead atoms. The number of nitrogens with one attached hydrogen (secondary N) is 1. The minimum Gasteiger partial charge on any atom is -0.376 e. The van der Waals surface area contributed by atoms with Crippen LogP contribution in [0.2, 0.25) is 0 Å². The van der Waals surface area contributed by atoms with Gasteiger partial charge < -0.3 is 15.0 Å². The molecule has 0 aromatic heterocycles. The number of nitrogens with zero attached hydrogens (tertiary/aromatic N) is 2. The fourth-order valence-electron chi connectivity index (χ4n) is 3.72. The molecule has 2 rings (SSSR count). The second-order valence-electron chi connectivity index (χ2n) is 6.40. The van der Waals surface area contributed by atoms with Gasteiger partial charge in [0.1, 0.15) is 0 Å². The molecule has 5 heteroatoms. The largest absolute Gasteiger partial charge is 0.376 e. The van der Waals surface area contributed by atoms with E-state index in [1.807, 2.05) is 0 Å². The van der Waals surface area contributed by atoms with E-state index < -0.39 is 0 Å². The van der Waals surface area contributed by atoms with Gasteiger partial charge in [-0.1, -0.05) is 26.7 Å². The van der Waals surface area contributed by atoms with Gasteiger partial charge >= 0.3 is 0 Å². The van der Waals surface area contributed by atoms with E-state index in [-0.39, 0.29) is 24.0 Å². The molecule has 2 unspecified atom stereocenters. The fraction of sp³-hybridized carbons (Fsp3) is 0.941. The SMILES string of the molecule is CCNC(=NCC1CCCO1)N1CCC(C(CC)CC)C1.I. The summed E-state index contributed by atoms with van der Waals surface area (Å²) in [5, 5.41) is 3.46. The molecule has 130 valence electrons. The van der Waals surface area contributed by atoms with Crippen LogP contribution in [-0.4, -0.2) is 49.7 Å². The normalized spacial score (nSPS) is 25.6. The van der Waals surface area contributed by atoms with Crippen LogP contribution in [0.4, 0.5) is 0 Å². The van der Waals surface area contributed by atoms with Gasteiger partial charge in [0.05, 0.1) is 12.6 Å². The Morgan fingerprint density at radius 3 is 2.64 bits per heavy atom. The predicted molar refractivity (Wildman–Crippen MR) is 104 cm³/mol. The molecule has 0 aromatic carbocycles. The quantitative estimate of drug-likeness (QED) is 0.404. The lowest BCUT2D eigenvalue weighted by molar-refractivity contribution is 0.117. The third-order valence-electron chi connectivity index (χ3n) is 5.04. The average molecular weight is 423 g/mol. The van der Waals surface area contributed by atoms with Crippen molar-refractivity contribution < 1.29 is 4.74 Å². The molecule has 2 saturated heterocycles. The molecule has 2 aliphatic heterocycles. The first-order chi connectivity index (χ1) is 10.3. The van der Waals surface area contributed by atoms with Gasteiger partial charge in [-0.05, 0) is 38.0 Å². The summed E-state index contributed by atoms with van der Waals surface area (Å²) in [5.41, 5.74) is 0. The van der Waals surface area contributed by atoms with Crippen molar-refractivity contribution in [3.63, 3.8) is 0 Å². The molecule has 2 aliphatic rings. The summed E-state index contributed by atoms with van der Waals surface area (Å²) >= 11 is 0. The average Bonchev–Trinajstić information content (AvgIpc) is 3.16. The molecule has 2 atom stereocenters. The Kier molecular flexibility index (Phi) is 9.71. The minimum atomic E-state index is 0. The van der Waals surface area contributed by atoms with Gasteiger partial charge in [-0.2, -0.15) is 0 Å². The summed E-state index contributed by atoms with van der Waals surface area (Å²) in [4.78, 5) is 7.29. The number of aliphatic imine (C=N–C) groups is 1. The van der Waals surface area contributed by atoms with Crippen LogP contribution in [0.3, 0.4) is 0 Å². The second-order valence-corrected chi connectivity index (χ2v) is 6.40. The standard InChI is InChI=1S/C17H33N3O.HI/c1-4-14(5-2)15-9-10-20(13-15)17(18-6-3)19-12-16-8-7-11-21-16;/h14-16H,4-13H2,1-3H3,(H,18,19);1H. The van der Waals surface area contributed by atoms with Crippen LogP contribution in [0.1, 0.15) is 52.9 Å². The van der Waals surface area contributed by atoms with Crippen molar-refractivity contribution in [1.82, 2.24) is 10.2 Å². The zero-order chi connectivity index (χ0) is 15.1. The maximum absolute atomic E-state index is 5.68. The third-order valence-corrected chi connectivity index (χ3v) is 5.04. The van der Waals surface area contributed by atoms with Gasteiger partial charge in [-0.25, -0.2) is 0 Å². The molecular formula is C17H34IN3O. The summed E-state index contributed by atoms with van der Waals surface area (Å²) < 4.78 is 5.68. The van der Waals surface area contributed by atoms with Crippen LogP contribution in [0.15, 0.2) is 4.99 Å². The van der Waals surface area contributed by atoms with Gasteiger partial charge in [-0.3, -0.25) is 4.99 Å². The zero-order valence-corrected chi connectivity index (χ0v) is 16.8. The monoisotopic (exact) mass is 423 g/mol. The molecule has 0 aromatic rings. The van der Waals surface area contributed by atoms with E-state index in [9.17, 15) is 0 Å². The molecule has 0 spiro atoms. The van der Waals surface area contributed by atoms with Crippen molar-refractivity contribution in [2.75, 3.05) is 32.8 Å². The topological polar surface area (TPSA) is 36.9 Å². The molecule has 2 fully saturated rings. The third kappa shape index (κ3) is 5.55. The van der Waals surface area contributed by atoms with Gasteiger partial charge in [0, 0.05) is 26.2 Å². The zero-order valence-electron chi connectivity index (χ0n) is 14.5. The molecule has 4 nitrogen and oxygen atoms in total. The Morgan fingerprint density at radius 1 is 1.27 bits per heavy atom. The number of likely N-dealkylation sites (tertiary alicyclic amines) is 1. The predicted octanol–water partition coefficient (Wildman–Crippen LogP) is 3.51. The van der Waals surface area contributed by atoms with Gasteiger partial charge in [0.2, 0.25) is 0 Å². The van der Waals surface area contributed by atoms with Crippen LogP contribution < -0.4 is 5.32 Å². The van der Waals surface area contributed by atoms with Crippen molar-refractivity contribution in [1.29, 1.82) is 0 Å². The first kappa shape index (κ1) is 20.0. The molecule has 2 heterocycles. The van der Waals surface area contributed by atoms with E-state index in [0.717, 1.165) is 44.0 Å². The van der Waals surface area contributed by atoms with E-state index in [1.165, 1.54) is 38.6 Å². The Labute approximate surface area is 153 Å². The van der Waals surface area contributed by atoms with Crippen LogP contribution >= 0.6 is 24.0 Å². The maximum Gasteiger partial charge on any atom is 0.194 e. The molecule has 22 heavy (non-hydrogen) atoms. The highest BCUT2D eigenvalue weighted by molar-refractivity contribution is 14.0. The summed E-state index contributed by atoms with van der Waals surface area (Å²) in [6.45, 7) is 11.8. The first-order valence-corrected chi connectivity index (χ1v) is 8.93. The fourth-order valence-corrected chi connectivity index (χ4v) is 3.72. The molecule has 0 aliphatic carbocycles. The van der Waals surface area contributed by atoms with E-state index in [1.54, 1.807) is 0 Å². The highest BCUT2D eigenvalue weighted by Gasteiger charge is 2.29. The van der Waals surface area contributed by atoms with Gasteiger partial charge in [0.25, 0.3) is 0 Å². The van der Waals surface area contributed by atoms with Crippen LogP contribution in [-0.2, 0) is 4.74 Å². The van der Waals surface area contributed by atoms with Crippen molar-refractivity contribution >= 4 is 29.9 Å². The van der Waals surface area contributed by atoms with Crippen molar-refractivity contribution in [3.8, 4) is 0 Å². The van der Waals surface area contributed by atoms with Crippen molar-refractivity contribution in [2.45, 2.75) is 59.0 Å². The van der Waals surface area contributed by atoms with E-state index in [4.69, 9.17) is 9.73 Å².